The maximum Gasteiger partial charge on any atom is 0.308 e. The lowest BCUT2D eigenvalue weighted by atomic mass is 10.2. The van der Waals surface area contributed by atoms with Crippen molar-refractivity contribution in [2.45, 2.75) is 0 Å². The summed E-state index contributed by atoms with van der Waals surface area (Å²) in [5, 5.41) is 9.75. The van der Waals surface area contributed by atoms with Crippen molar-refractivity contribution in [2.24, 2.45) is 0 Å². The van der Waals surface area contributed by atoms with Gasteiger partial charge in [-0.25, -0.2) is 0 Å². The van der Waals surface area contributed by atoms with E-state index in [0.717, 1.165) is 16.5 Å². The summed E-state index contributed by atoms with van der Waals surface area (Å²) < 4.78 is 7.42. The maximum atomic E-state index is 8.28. The number of fused-ring (bicyclic) bond motifs is 2. The van der Waals surface area contributed by atoms with Crippen molar-refractivity contribution >= 4 is 40.8 Å². The number of para-hydroxylation sites is 1. The Morgan fingerprint density at radius 2 is 1.77 bits per heavy atom. The number of benzene rings is 2. The first-order valence-corrected chi connectivity index (χ1v) is 6.82. The molecule has 0 bridgehead atoms. The van der Waals surface area contributed by atoms with Crippen LogP contribution in [0.3, 0.4) is 0 Å². The topological polar surface area (TPSA) is 54.3 Å². The molecule has 0 saturated heterocycles. The lowest BCUT2D eigenvalue weighted by molar-refractivity contribution is 0.606. The molecule has 0 radical (unpaired) electrons. The number of nitrogens with one attached hydrogen (secondary N) is 1. The van der Waals surface area contributed by atoms with Gasteiger partial charge in [0.25, 0.3) is 0 Å². The fourth-order valence-corrected chi connectivity index (χ4v) is 2.46. The molecule has 2 heterocycles. The third kappa shape index (κ3) is 2.26. The summed E-state index contributed by atoms with van der Waals surface area (Å²) in [7, 11) is 0. The summed E-state index contributed by atoms with van der Waals surface area (Å²) in [4.78, 5) is 4.45. The summed E-state index contributed by atoms with van der Waals surface area (Å²) in [5.41, 5.74) is 2.01. The number of aromatic nitrogens is 2. The molecule has 22 heavy (non-hydrogen) atoms. The van der Waals surface area contributed by atoms with Crippen molar-refractivity contribution in [1.29, 1.82) is 5.41 Å². The number of nitrogens with zero attached hydrogens (tertiary/aromatic N) is 2. The summed E-state index contributed by atoms with van der Waals surface area (Å²) in [6.45, 7) is 0. The SMILES string of the molecule is Cl.N=c1c2ccccc2nc2oc(-c3ccc(Cl)cc3)cn12. The summed E-state index contributed by atoms with van der Waals surface area (Å²) in [6.07, 6.45) is 1.78. The molecule has 2 aromatic carbocycles. The zero-order chi connectivity index (χ0) is 14.4. The van der Waals surface area contributed by atoms with Gasteiger partial charge >= 0.3 is 5.84 Å². The number of hydrogen-bond donors (Lipinski definition) is 1. The predicted octanol–water partition coefficient (Wildman–Crippen LogP) is 4.30. The van der Waals surface area contributed by atoms with Crippen LogP contribution in [0.2, 0.25) is 5.02 Å². The van der Waals surface area contributed by atoms with Gasteiger partial charge in [-0.05, 0) is 36.4 Å². The van der Waals surface area contributed by atoms with Crippen molar-refractivity contribution < 1.29 is 4.42 Å². The first-order chi connectivity index (χ1) is 10.2. The van der Waals surface area contributed by atoms with Gasteiger partial charge in [0.2, 0.25) is 0 Å². The Morgan fingerprint density at radius 3 is 2.55 bits per heavy atom. The minimum absolute atomic E-state index is 0. The van der Waals surface area contributed by atoms with E-state index in [1.165, 1.54) is 0 Å². The highest BCUT2D eigenvalue weighted by Gasteiger charge is 2.10. The molecule has 2 aromatic heterocycles. The van der Waals surface area contributed by atoms with E-state index in [9.17, 15) is 0 Å². The Balaban J connectivity index is 0.00000144. The Labute approximate surface area is 136 Å². The smallest absolute Gasteiger partial charge is 0.308 e. The molecular formula is C16H11Cl2N3O. The van der Waals surface area contributed by atoms with Crippen LogP contribution in [0.15, 0.2) is 59.1 Å². The van der Waals surface area contributed by atoms with Crippen molar-refractivity contribution in [1.82, 2.24) is 9.38 Å². The molecular weight excluding hydrogens is 321 g/mol. The molecule has 0 amide bonds. The minimum atomic E-state index is 0. The second-order valence-electron chi connectivity index (χ2n) is 4.73. The van der Waals surface area contributed by atoms with Crippen molar-refractivity contribution in [2.75, 3.05) is 0 Å². The van der Waals surface area contributed by atoms with Crippen LogP contribution < -0.4 is 5.49 Å². The van der Waals surface area contributed by atoms with Gasteiger partial charge in [-0.2, -0.15) is 4.98 Å². The quantitative estimate of drug-likeness (QED) is 0.565. The van der Waals surface area contributed by atoms with E-state index in [1.807, 2.05) is 36.4 Å². The van der Waals surface area contributed by atoms with Crippen molar-refractivity contribution in [3.63, 3.8) is 0 Å². The number of halogens is 2. The lowest BCUT2D eigenvalue weighted by Gasteiger charge is -1.97. The molecule has 0 aliphatic carbocycles. The Hall–Kier alpha value is -2.30. The predicted molar refractivity (Wildman–Crippen MR) is 88.5 cm³/mol. The van der Waals surface area contributed by atoms with Crippen LogP contribution in [0.1, 0.15) is 0 Å². The molecule has 0 aliphatic heterocycles. The molecule has 0 aliphatic rings. The van der Waals surface area contributed by atoms with Gasteiger partial charge in [0.1, 0.15) is 5.49 Å². The third-order valence-electron chi connectivity index (χ3n) is 3.40. The van der Waals surface area contributed by atoms with E-state index in [0.29, 0.717) is 22.1 Å². The van der Waals surface area contributed by atoms with E-state index in [2.05, 4.69) is 4.98 Å². The zero-order valence-electron chi connectivity index (χ0n) is 11.3. The molecule has 110 valence electrons. The van der Waals surface area contributed by atoms with Gasteiger partial charge < -0.3 is 4.42 Å². The highest BCUT2D eigenvalue weighted by atomic mass is 35.5. The standard InChI is InChI=1S/C16H10ClN3O.ClH/c17-11-7-5-10(6-8-11)14-9-20-15(18)12-3-1-2-4-13(12)19-16(20)21-14;/h1-9,18H;1H. The first-order valence-electron chi connectivity index (χ1n) is 6.44. The minimum Gasteiger partial charge on any atom is -0.423 e. The van der Waals surface area contributed by atoms with Gasteiger partial charge in [-0.3, -0.25) is 9.81 Å². The van der Waals surface area contributed by atoms with Gasteiger partial charge in [0.15, 0.2) is 5.76 Å². The molecule has 4 aromatic rings. The second kappa shape index (κ2) is 5.48. The van der Waals surface area contributed by atoms with E-state index in [-0.39, 0.29) is 12.4 Å². The van der Waals surface area contributed by atoms with Crippen molar-refractivity contribution in [3.8, 4) is 11.3 Å². The average Bonchev–Trinajstić information content (AvgIpc) is 2.92. The number of rotatable bonds is 1. The molecule has 4 nitrogen and oxygen atoms in total. The van der Waals surface area contributed by atoms with Gasteiger partial charge in [0, 0.05) is 16.0 Å². The number of oxazole rings is 1. The number of hydrogen-bond acceptors (Lipinski definition) is 3. The third-order valence-corrected chi connectivity index (χ3v) is 3.65. The maximum absolute atomic E-state index is 8.28. The van der Waals surface area contributed by atoms with Crippen LogP contribution in [0.5, 0.6) is 0 Å². The van der Waals surface area contributed by atoms with E-state index < -0.39 is 0 Å². The zero-order valence-corrected chi connectivity index (χ0v) is 12.9. The second-order valence-corrected chi connectivity index (χ2v) is 5.17. The normalized spacial score (nSPS) is 10.8. The van der Waals surface area contributed by atoms with Crippen LogP contribution in [0.4, 0.5) is 0 Å². The molecule has 0 atom stereocenters. The molecule has 0 fully saturated rings. The summed E-state index contributed by atoms with van der Waals surface area (Å²) in [5.74, 6) is 1.06. The van der Waals surface area contributed by atoms with Gasteiger partial charge in [0.05, 0.1) is 11.7 Å². The van der Waals surface area contributed by atoms with E-state index >= 15 is 0 Å². The summed E-state index contributed by atoms with van der Waals surface area (Å²) >= 11 is 5.90. The Kier molecular flexibility index (Phi) is 3.64. The molecule has 0 spiro atoms. The fourth-order valence-electron chi connectivity index (χ4n) is 2.34. The van der Waals surface area contributed by atoms with E-state index in [4.69, 9.17) is 21.4 Å². The van der Waals surface area contributed by atoms with E-state index in [1.54, 1.807) is 22.7 Å². The average molecular weight is 332 g/mol. The van der Waals surface area contributed by atoms with Crippen LogP contribution in [-0.4, -0.2) is 9.38 Å². The Morgan fingerprint density at radius 1 is 1.05 bits per heavy atom. The largest absolute Gasteiger partial charge is 0.423 e. The van der Waals surface area contributed by atoms with Crippen molar-refractivity contribution in [3.05, 3.63) is 65.2 Å². The summed E-state index contributed by atoms with van der Waals surface area (Å²) in [6, 6.07) is 14.9. The molecule has 0 saturated carbocycles. The van der Waals surface area contributed by atoms with Crippen LogP contribution in [-0.2, 0) is 0 Å². The van der Waals surface area contributed by atoms with Crippen LogP contribution in [0, 0.1) is 5.41 Å². The molecule has 6 heteroatoms. The lowest BCUT2D eigenvalue weighted by Crippen LogP contribution is -2.12. The highest BCUT2D eigenvalue weighted by molar-refractivity contribution is 6.30. The Bertz CT molecular complexity index is 1020. The van der Waals surface area contributed by atoms with Gasteiger partial charge in [-0.15, -0.1) is 12.4 Å². The monoisotopic (exact) mass is 331 g/mol. The van der Waals surface area contributed by atoms with Crippen LogP contribution in [0.25, 0.3) is 28.1 Å². The molecule has 0 unspecified atom stereocenters. The molecule has 1 N–H and O–H groups in total. The molecule has 4 rings (SSSR count). The van der Waals surface area contributed by atoms with Crippen LogP contribution >= 0.6 is 24.0 Å². The first kappa shape index (κ1) is 14.6. The highest BCUT2D eigenvalue weighted by Crippen LogP contribution is 2.23. The van der Waals surface area contributed by atoms with Gasteiger partial charge in [-0.1, -0.05) is 23.7 Å². The fraction of sp³-hybridized carbons (Fsp3) is 0.